The summed E-state index contributed by atoms with van der Waals surface area (Å²) in [4.78, 5) is 17.2. The molecule has 1 aromatic rings. The van der Waals surface area contributed by atoms with Crippen molar-refractivity contribution in [3.63, 3.8) is 0 Å². The molecule has 9 heteroatoms. The van der Waals surface area contributed by atoms with E-state index in [9.17, 15) is 10.1 Å². The van der Waals surface area contributed by atoms with Crippen LogP contribution in [0, 0.1) is 10.1 Å². The quantitative estimate of drug-likeness (QED) is 0.197. The number of morpholine rings is 1. The van der Waals surface area contributed by atoms with Gasteiger partial charge in [-0.25, -0.2) is 0 Å². The van der Waals surface area contributed by atoms with Gasteiger partial charge in [0.1, 0.15) is 0 Å². The molecular weight excluding hydrogens is 336 g/mol. The van der Waals surface area contributed by atoms with Crippen molar-refractivity contribution in [2.24, 2.45) is 4.99 Å². The molecule has 0 saturated carbocycles. The molecule has 1 aliphatic rings. The number of benzene rings is 1. The highest BCUT2D eigenvalue weighted by Gasteiger charge is 2.09. The van der Waals surface area contributed by atoms with E-state index >= 15 is 0 Å². The van der Waals surface area contributed by atoms with Crippen LogP contribution in [-0.4, -0.2) is 74.8 Å². The maximum absolute atomic E-state index is 10.6. The van der Waals surface area contributed by atoms with Gasteiger partial charge in [-0.3, -0.25) is 20.0 Å². The lowest BCUT2D eigenvalue weighted by molar-refractivity contribution is -0.384. The fourth-order valence-corrected chi connectivity index (χ4v) is 2.56. The molecule has 0 amide bonds. The number of non-ortho nitro benzene ring substituents is 1. The molecule has 1 heterocycles. The van der Waals surface area contributed by atoms with Crippen molar-refractivity contribution in [1.82, 2.24) is 15.5 Å². The lowest BCUT2D eigenvalue weighted by Gasteiger charge is -2.25. The number of hydrogen-bond acceptors (Lipinski definition) is 6. The molecule has 26 heavy (non-hydrogen) atoms. The van der Waals surface area contributed by atoms with Gasteiger partial charge in [-0.15, -0.1) is 0 Å². The first-order valence-corrected chi connectivity index (χ1v) is 8.99. The van der Waals surface area contributed by atoms with Crippen molar-refractivity contribution in [2.45, 2.75) is 6.92 Å². The van der Waals surface area contributed by atoms with Crippen LogP contribution < -0.4 is 16.0 Å². The fourth-order valence-electron chi connectivity index (χ4n) is 2.56. The molecule has 2 rings (SSSR count). The van der Waals surface area contributed by atoms with Crippen molar-refractivity contribution in [3.8, 4) is 0 Å². The van der Waals surface area contributed by atoms with Gasteiger partial charge in [-0.05, 0) is 19.1 Å². The van der Waals surface area contributed by atoms with Gasteiger partial charge in [0.25, 0.3) is 5.69 Å². The van der Waals surface area contributed by atoms with Crippen LogP contribution in [0.4, 0.5) is 11.4 Å². The van der Waals surface area contributed by atoms with Crippen molar-refractivity contribution >= 4 is 17.3 Å². The van der Waals surface area contributed by atoms with E-state index in [0.29, 0.717) is 13.1 Å². The first-order chi connectivity index (χ1) is 12.7. The van der Waals surface area contributed by atoms with Crippen LogP contribution in [-0.2, 0) is 4.74 Å². The third kappa shape index (κ3) is 7.24. The number of nitro benzene ring substituents is 1. The number of aliphatic imine (C=N–C) groups is 1. The van der Waals surface area contributed by atoms with E-state index in [0.717, 1.165) is 57.6 Å². The number of hydrogen-bond donors (Lipinski definition) is 3. The number of nitro groups is 1. The Bertz CT molecular complexity index is 572. The largest absolute Gasteiger partial charge is 0.383 e. The molecule has 1 fully saturated rings. The highest BCUT2D eigenvalue weighted by molar-refractivity contribution is 5.79. The molecule has 1 aromatic carbocycles. The maximum Gasteiger partial charge on any atom is 0.269 e. The third-order valence-corrected chi connectivity index (χ3v) is 3.96. The van der Waals surface area contributed by atoms with Crippen LogP contribution in [0.3, 0.4) is 0 Å². The molecule has 1 aliphatic heterocycles. The van der Waals surface area contributed by atoms with Gasteiger partial charge in [0.15, 0.2) is 5.96 Å². The van der Waals surface area contributed by atoms with E-state index in [1.165, 1.54) is 12.1 Å². The lowest BCUT2D eigenvalue weighted by atomic mass is 10.3. The predicted octanol–water partition coefficient (Wildman–Crippen LogP) is 0.894. The Morgan fingerprint density at radius 2 is 1.96 bits per heavy atom. The molecule has 0 atom stereocenters. The number of ether oxygens (including phenoxy) is 1. The summed E-state index contributed by atoms with van der Waals surface area (Å²) in [5.74, 6) is 0.797. The van der Waals surface area contributed by atoms with E-state index < -0.39 is 4.92 Å². The number of guanidine groups is 1. The summed E-state index contributed by atoms with van der Waals surface area (Å²) >= 11 is 0. The summed E-state index contributed by atoms with van der Waals surface area (Å²) in [6.45, 7) is 9.44. The number of rotatable bonds is 9. The summed E-state index contributed by atoms with van der Waals surface area (Å²) in [6, 6.07) is 6.40. The number of nitrogens with one attached hydrogen (secondary N) is 3. The predicted molar refractivity (Wildman–Crippen MR) is 103 cm³/mol. The highest BCUT2D eigenvalue weighted by atomic mass is 16.6. The molecule has 0 radical (unpaired) electrons. The van der Waals surface area contributed by atoms with Crippen LogP contribution in [0.15, 0.2) is 29.3 Å². The number of nitrogens with zero attached hydrogens (tertiary/aromatic N) is 3. The molecule has 1 saturated heterocycles. The Morgan fingerprint density at radius 3 is 2.62 bits per heavy atom. The second kappa shape index (κ2) is 11.3. The van der Waals surface area contributed by atoms with Crippen LogP contribution in [0.2, 0.25) is 0 Å². The van der Waals surface area contributed by atoms with Gasteiger partial charge in [0.2, 0.25) is 0 Å². The van der Waals surface area contributed by atoms with E-state index in [4.69, 9.17) is 4.74 Å². The van der Waals surface area contributed by atoms with Crippen molar-refractivity contribution in [2.75, 3.05) is 64.3 Å². The van der Waals surface area contributed by atoms with Gasteiger partial charge in [-0.1, -0.05) is 0 Å². The molecule has 0 aliphatic carbocycles. The van der Waals surface area contributed by atoms with Crippen LogP contribution in [0.1, 0.15) is 6.92 Å². The SMILES string of the molecule is CCNC(=NCCN1CCOCC1)NCCNc1ccc([N+](=O)[O-])cc1. The fraction of sp³-hybridized carbons (Fsp3) is 0.588. The topological polar surface area (TPSA) is 104 Å². The zero-order chi connectivity index (χ0) is 18.6. The second-order valence-corrected chi connectivity index (χ2v) is 5.87. The molecule has 0 unspecified atom stereocenters. The van der Waals surface area contributed by atoms with Gasteiger partial charge >= 0.3 is 0 Å². The second-order valence-electron chi connectivity index (χ2n) is 5.87. The van der Waals surface area contributed by atoms with Gasteiger partial charge in [-0.2, -0.15) is 0 Å². The summed E-state index contributed by atoms with van der Waals surface area (Å²) in [6.07, 6.45) is 0. The molecule has 0 bridgehead atoms. The Labute approximate surface area is 154 Å². The minimum absolute atomic E-state index is 0.0931. The van der Waals surface area contributed by atoms with E-state index in [-0.39, 0.29) is 5.69 Å². The van der Waals surface area contributed by atoms with E-state index in [1.54, 1.807) is 12.1 Å². The minimum Gasteiger partial charge on any atom is -0.383 e. The standard InChI is InChI=1S/C17H28N6O3/c1-2-18-17(21-9-10-22-11-13-26-14-12-22)20-8-7-19-15-3-5-16(6-4-15)23(24)25/h3-6,19H,2,7-14H2,1H3,(H2,18,20,21). The first-order valence-electron chi connectivity index (χ1n) is 8.99. The molecule has 3 N–H and O–H groups in total. The summed E-state index contributed by atoms with van der Waals surface area (Å²) in [7, 11) is 0. The Hall–Kier alpha value is -2.39. The van der Waals surface area contributed by atoms with E-state index in [2.05, 4.69) is 25.8 Å². The third-order valence-electron chi connectivity index (χ3n) is 3.96. The normalized spacial score (nSPS) is 15.5. The average molecular weight is 364 g/mol. The lowest BCUT2D eigenvalue weighted by Crippen LogP contribution is -2.41. The maximum atomic E-state index is 10.6. The molecule has 0 spiro atoms. The average Bonchev–Trinajstić information content (AvgIpc) is 2.66. The first kappa shape index (κ1) is 19.9. The number of anilines is 1. The van der Waals surface area contributed by atoms with Gasteiger partial charge in [0, 0.05) is 57.1 Å². The Morgan fingerprint density at radius 1 is 1.23 bits per heavy atom. The monoisotopic (exact) mass is 364 g/mol. The van der Waals surface area contributed by atoms with Crippen LogP contribution in [0.5, 0.6) is 0 Å². The summed E-state index contributed by atoms with van der Waals surface area (Å²) < 4.78 is 5.34. The van der Waals surface area contributed by atoms with Gasteiger partial charge in [0.05, 0.1) is 24.7 Å². The Kier molecular flexibility index (Phi) is 8.64. The van der Waals surface area contributed by atoms with E-state index in [1.807, 2.05) is 6.92 Å². The highest BCUT2D eigenvalue weighted by Crippen LogP contribution is 2.14. The minimum atomic E-state index is -0.401. The van der Waals surface area contributed by atoms with Crippen LogP contribution in [0.25, 0.3) is 0 Å². The zero-order valence-electron chi connectivity index (χ0n) is 15.2. The molecular formula is C17H28N6O3. The molecule has 0 aromatic heterocycles. The molecule has 144 valence electrons. The van der Waals surface area contributed by atoms with Crippen molar-refractivity contribution < 1.29 is 9.66 Å². The summed E-state index contributed by atoms with van der Waals surface area (Å²) in [5, 5.41) is 20.4. The van der Waals surface area contributed by atoms with Gasteiger partial charge < -0.3 is 20.7 Å². The van der Waals surface area contributed by atoms with Crippen molar-refractivity contribution in [3.05, 3.63) is 34.4 Å². The zero-order valence-corrected chi connectivity index (χ0v) is 15.2. The smallest absolute Gasteiger partial charge is 0.269 e. The molecule has 9 nitrogen and oxygen atoms in total. The Balaban J connectivity index is 1.68. The van der Waals surface area contributed by atoms with Crippen LogP contribution >= 0.6 is 0 Å². The summed E-state index contributed by atoms with van der Waals surface area (Å²) in [5.41, 5.74) is 0.946. The van der Waals surface area contributed by atoms with Crippen molar-refractivity contribution in [1.29, 1.82) is 0 Å².